The van der Waals surface area contributed by atoms with Gasteiger partial charge in [0, 0.05) is 32.9 Å². The number of nitrogens with zero attached hydrogens (tertiary/aromatic N) is 1. The monoisotopic (exact) mass is 521 g/mol. The number of nitrogens with one attached hydrogen (secondary N) is 2. The van der Waals surface area contributed by atoms with E-state index in [2.05, 4.69) is 15.8 Å². The summed E-state index contributed by atoms with van der Waals surface area (Å²) in [7, 11) is 1.46. The van der Waals surface area contributed by atoms with Crippen LogP contribution in [-0.2, 0) is 4.79 Å². The van der Waals surface area contributed by atoms with Gasteiger partial charge in [-0.1, -0.05) is 34.8 Å². The fraction of sp³-hybridized carbons (Fsp3) is 0.0870. The molecule has 3 rings (SSSR count). The third-order valence-corrected chi connectivity index (χ3v) is 5.04. The Morgan fingerprint density at radius 2 is 1.76 bits per heavy atom. The van der Waals surface area contributed by atoms with E-state index in [0.29, 0.717) is 32.8 Å². The van der Waals surface area contributed by atoms with Crippen molar-refractivity contribution in [2.75, 3.05) is 19.0 Å². The molecule has 0 unspecified atom stereocenters. The number of phenolic OH excluding ortho intramolecular Hbond substituents is 1. The standard InChI is InChI=1S/C23H18Cl3N3O5/c1-33-21-10-18(34-12-22(31)28-17-8-15(24)7-16(25)9-17)4-2-14(21)11-27-29-23(32)13-3-5-20(30)19(26)6-13/h2-11,30H,12H2,1H3,(H,28,31)(H,29,32). The number of benzene rings is 3. The molecule has 0 spiro atoms. The van der Waals surface area contributed by atoms with Gasteiger partial charge in [0.1, 0.15) is 17.2 Å². The van der Waals surface area contributed by atoms with E-state index in [1.165, 1.54) is 31.5 Å². The third-order valence-electron chi connectivity index (χ3n) is 4.30. The maximum absolute atomic E-state index is 12.2. The number of methoxy groups -OCH3 is 1. The average Bonchev–Trinajstić information content (AvgIpc) is 2.79. The summed E-state index contributed by atoms with van der Waals surface area (Å²) in [6.07, 6.45) is 1.39. The molecule has 3 aromatic rings. The molecule has 0 radical (unpaired) electrons. The average molecular weight is 523 g/mol. The molecule has 8 nitrogen and oxygen atoms in total. The van der Waals surface area contributed by atoms with Crippen LogP contribution in [-0.4, -0.2) is 36.9 Å². The second-order valence-electron chi connectivity index (χ2n) is 6.76. The van der Waals surface area contributed by atoms with Crippen molar-refractivity contribution in [2.24, 2.45) is 5.10 Å². The van der Waals surface area contributed by atoms with Crippen LogP contribution in [0.25, 0.3) is 0 Å². The van der Waals surface area contributed by atoms with E-state index < -0.39 is 11.8 Å². The lowest BCUT2D eigenvalue weighted by Gasteiger charge is -2.10. The molecule has 34 heavy (non-hydrogen) atoms. The van der Waals surface area contributed by atoms with Gasteiger partial charge < -0.3 is 19.9 Å². The van der Waals surface area contributed by atoms with E-state index in [1.807, 2.05) is 0 Å². The number of hydrogen-bond donors (Lipinski definition) is 3. The molecule has 0 heterocycles. The quantitative estimate of drug-likeness (QED) is 0.280. The van der Waals surface area contributed by atoms with Crippen molar-refractivity contribution in [2.45, 2.75) is 0 Å². The Bertz CT molecular complexity index is 1230. The summed E-state index contributed by atoms with van der Waals surface area (Å²) in [6, 6.07) is 13.6. The van der Waals surface area contributed by atoms with E-state index >= 15 is 0 Å². The fourth-order valence-corrected chi connectivity index (χ4v) is 3.44. The first-order valence-electron chi connectivity index (χ1n) is 9.64. The Hall–Kier alpha value is -3.46. The first-order chi connectivity index (χ1) is 16.2. The van der Waals surface area contributed by atoms with Gasteiger partial charge in [0.25, 0.3) is 11.8 Å². The lowest BCUT2D eigenvalue weighted by Crippen LogP contribution is -2.20. The minimum Gasteiger partial charge on any atom is -0.506 e. The van der Waals surface area contributed by atoms with Gasteiger partial charge in [-0.2, -0.15) is 5.10 Å². The van der Waals surface area contributed by atoms with E-state index in [0.717, 1.165) is 0 Å². The minimum absolute atomic E-state index is 0.0546. The normalized spacial score (nSPS) is 10.7. The second kappa shape index (κ2) is 11.6. The summed E-state index contributed by atoms with van der Waals surface area (Å²) in [4.78, 5) is 24.3. The van der Waals surface area contributed by atoms with Crippen molar-refractivity contribution < 1.29 is 24.2 Å². The van der Waals surface area contributed by atoms with Gasteiger partial charge in [-0.15, -0.1) is 0 Å². The minimum atomic E-state index is -0.510. The maximum atomic E-state index is 12.2. The summed E-state index contributed by atoms with van der Waals surface area (Å²) in [5.74, 6) is -0.245. The van der Waals surface area contributed by atoms with Crippen molar-refractivity contribution in [3.05, 3.63) is 80.8 Å². The Morgan fingerprint density at radius 1 is 1.03 bits per heavy atom. The summed E-state index contributed by atoms with van der Waals surface area (Å²) >= 11 is 17.7. The zero-order valence-electron chi connectivity index (χ0n) is 17.6. The Balaban J connectivity index is 1.58. The SMILES string of the molecule is COc1cc(OCC(=O)Nc2cc(Cl)cc(Cl)c2)ccc1C=NNC(=O)c1ccc(O)c(Cl)c1. The summed E-state index contributed by atoms with van der Waals surface area (Å²) in [6.45, 7) is -0.258. The Morgan fingerprint density at radius 3 is 2.44 bits per heavy atom. The van der Waals surface area contributed by atoms with Gasteiger partial charge in [0.2, 0.25) is 0 Å². The van der Waals surface area contributed by atoms with Gasteiger partial charge >= 0.3 is 0 Å². The van der Waals surface area contributed by atoms with Gasteiger partial charge in [0.15, 0.2) is 6.61 Å². The number of carbonyl (C=O) groups is 2. The Labute approximate surface area is 210 Å². The van der Waals surface area contributed by atoms with Gasteiger partial charge in [-0.05, 0) is 48.5 Å². The molecule has 2 amide bonds. The van der Waals surface area contributed by atoms with Crippen LogP contribution in [0.3, 0.4) is 0 Å². The number of hydrogen-bond acceptors (Lipinski definition) is 6. The molecule has 0 aliphatic rings. The number of aromatic hydroxyl groups is 1. The molecular formula is C23H18Cl3N3O5. The number of phenols is 1. The first kappa shape index (κ1) is 25.2. The number of amides is 2. The van der Waals surface area contributed by atoms with Crippen molar-refractivity contribution in [3.8, 4) is 17.2 Å². The third kappa shape index (κ3) is 7.02. The molecule has 11 heteroatoms. The number of rotatable bonds is 8. The van der Waals surface area contributed by atoms with Crippen LogP contribution in [0.1, 0.15) is 15.9 Å². The Kier molecular flexibility index (Phi) is 8.59. The van der Waals surface area contributed by atoms with Crippen LogP contribution in [0.4, 0.5) is 5.69 Å². The number of halogens is 3. The van der Waals surface area contributed by atoms with Crippen molar-refractivity contribution in [1.82, 2.24) is 5.43 Å². The number of hydrazone groups is 1. The topological polar surface area (TPSA) is 109 Å². The molecule has 0 saturated heterocycles. The van der Waals surface area contributed by atoms with Crippen molar-refractivity contribution in [3.63, 3.8) is 0 Å². The molecule has 0 aliphatic carbocycles. The molecule has 176 valence electrons. The van der Waals surface area contributed by atoms with Crippen LogP contribution in [0.2, 0.25) is 15.1 Å². The fourth-order valence-electron chi connectivity index (χ4n) is 2.73. The zero-order valence-corrected chi connectivity index (χ0v) is 19.9. The van der Waals surface area contributed by atoms with Crippen LogP contribution in [0, 0.1) is 0 Å². The zero-order chi connectivity index (χ0) is 24.7. The number of carbonyl (C=O) groups excluding carboxylic acids is 2. The van der Waals surface area contributed by atoms with Crippen LogP contribution in [0.15, 0.2) is 59.7 Å². The molecule has 0 aromatic heterocycles. The molecule has 0 bridgehead atoms. The molecule has 0 fully saturated rings. The summed E-state index contributed by atoms with van der Waals surface area (Å²) in [5, 5.41) is 16.8. The highest BCUT2D eigenvalue weighted by Gasteiger charge is 2.10. The predicted octanol–water partition coefficient (Wildman–Crippen LogP) is 5.14. The van der Waals surface area contributed by atoms with Gasteiger partial charge in [-0.25, -0.2) is 5.43 Å². The highest BCUT2D eigenvalue weighted by atomic mass is 35.5. The van der Waals surface area contributed by atoms with Gasteiger partial charge in [0.05, 0.1) is 18.3 Å². The van der Waals surface area contributed by atoms with Crippen LogP contribution >= 0.6 is 34.8 Å². The summed E-state index contributed by atoms with van der Waals surface area (Å²) < 4.78 is 10.8. The molecular weight excluding hydrogens is 505 g/mol. The largest absolute Gasteiger partial charge is 0.506 e. The predicted molar refractivity (Wildman–Crippen MR) is 132 cm³/mol. The van der Waals surface area contributed by atoms with Crippen molar-refractivity contribution in [1.29, 1.82) is 0 Å². The smallest absolute Gasteiger partial charge is 0.271 e. The number of anilines is 1. The highest BCUT2D eigenvalue weighted by molar-refractivity contribution is 6.35. The van der Waals surface area contributed by atoms with Crippen LogP contribution < -0.4 is 20.2 Å². The summed E-state index contributed by atoms with van der Waals surface area (Å²) in [5.41, 5.74) is 3.60. The number of ether oxygens (including phenoxy) is 2. The van der Waals surface area contributed by atoms with E-state index in [9.17, 15) is 14.7 Å². The molecule has 3 aromatic carbocycles. The lowest BCUT2D eigenvalue weighted by molar-refractivity contribution is -0.118. The molecule has 0 atom stereocenters. The van der Waals surface area contributed by atoms with Crippen molar-refractivity contribution >= 4 is 58.5 Å². The highest BCUT2D eigenvalue weighted by Crippen LogP contribution is 2.25. The van der Waals surface area contributed by atoms with Gasteiger partial charge in [-0.3, -0.25) is 9.59 Å². The first-order valence-corrected chi connectivity index (χ1v) is 10.8. The van der Waals surface area contributed by atoms with Crippen LogP contribution in [0.5, 0.6) is 17.2 Å². The van der Waals surface area contributed by atoms with E-state index in [4.69, 9.17) is 44.3 Å². The second-order valence-corrected chi connectivity index (χ2v) is 8.04. The lowest BCUT2D eigenvalue weighted by atomic mass is 10.2. The molecule has 3 N–H and O–H groups in total. The maximum Gasteiger partial charge on any atom is 0.271 e. The van der Waals surface area contributed by atoms with E-state index in [1.54, 1.807) is 36.4 Å². The van der Waals surface area contributed by atoms with E-state index in [-0.39, 0.29) is 22.9 Å². The molecule has 0 saturated carbocycles. The molecule has 0 aliphatic heterocycles.